The van der Waals surface area contributed by atoms with Crippen molar-refractivity contribution in [1.29, 1.82) is 0 Å². The molecule has 1 unspecified atom stereocenters. The number of hydrogen-bond acceptors (Lipinski definition) is 17. The van der Waals surface area contributed by atoms with Crippen LogP contribution in [0.2, 0.25) is 5.02 Å². The number of carbonyl (C=O) groups is 3. The molecule has 0 bridgehead atoms. The van der Waals surface area contributed by atoms with E-state index in [4.69, 9.17) is 41.9 Å². The maximum atomic E-state index is 12.1. The second-order valence-electron chi connectivity index (χ2n) is 10.5. The van der Waals surface area contributed by atoms with Crippen LogP contribution in [0.5, 0.6) is 17.5 Å². The number of nitrogens with two attached hydrogens (primary N) is 1. The topological polar surface area (TPSA) is 349 Å². The lowest BCUT2D eigenvalue weighted by molar-refractivity contribution is -0.383. The number of rotatable bonds is 12. The van der Waals surface area contributed by atoms with Gasteiger partial charge in [-0.1, -0.05) is 29.8 Å². The summed E-state index contributed by atoms with van der Waals surface area (Å²) in [6.45, 7) is 1.04. The van der Waals surface area contributed by atoms with E-state index in [-0.39, 0.29) is 39.9 Å². The molecule has 0 fully saturated rings. The first-order valence-electron chi connectivity index (χ1n) is 14.8. The lowest BCUT2D eigenvalue weighted by atomic mass is 10.2. The second kappa shape index (κ2) is 23.1. The Kier molecular flexibility index (Phi) is 20.1. The number of urea groups is 1. The second-order valence-corrected chi connectivity index (χ2v) is 17.5. The Morgan fingerprint density at radius 1 is 1.07 bits per heavy atom. The molecular weight excluding hydrogens is 847 g/mol. The number of amides is 2. The zero-order valence-corrected chi connectivity index (χ0v) is 34.0. The molecule has 0 saturated carbocycles. The van der Waals surface area contributed by atoms with Crippen LogP contribution in [0.1, 0.15) is 15.5 Å². The van der Waals surface area contributed by atoms with Crippen LogP contribution in [0.25, 0.3) is 0 Å². The van der Waals surface area contributed by atoms with E-state index in [9.17, 15) is 42.4 Å². The van der Waals surface area contributed by atoms with Crippen molar-refractivity contribution < 1.29 is 61.8 Å². The zero-order valence-electron chi connectivity index (χ0n) is 29.9. The Bertz CT molecular complexity index is 2120. The molecule has 4 rings (SSSR count). The van der Waals surface area contributed by atoms with E-state index >= 15 is 0 Å². The van der Waals surface area contributed by atoms with Crippen LogP contribution < -0.4 is 35.5 Å². The molecule has 306 valence electrons. The molecule has 8 N–H and O–H groups in total. The number of nitro benzene ring substituents is 1. The predicted molar refractivity (Wildman–Crippen MR) is 206 cm³/mol. The Morgan fingerprint density at radius 3 is 2.20 bits per heavy atom. The van der Waals surface area contributed by atoms with Crippen molar-refractivity contribution in [3.8, 4) is 17.5 Å². The quantitative estimate of drug-likeness (QED) is 0.0353. The van der Waals surface area contributed by atoms with Crippen molar-refractivity contribution in [2.45, 2.75) is 11.8 Å². The number of aliphatic carboxylic acids is 1. The van der Waals surface area contributed by atoms with E-state index in [0.717, 1.165) is 17.4 Å². The normalized spacial score (nSPS) is 11.4. The average molecular weight is 883 g/mol. The van der Waals surface area contributed by atoms with Crippen molar-refractivity contribution >= 4 is 86.7 Å². The highest BCUT2D eigenvalue weighted by atomic mass is 35.5. The number of nitrogens with zero attached hydrogens (tertiary/aromatic N) is 4. The van der Waals surface area contributed by atoms with Crippen molar-refractivity contribution in [3.63, 3.8) is 0 Å². The number of carboxylic acids is 2. The largest absolute Gasteiger partial charge is 0.778 e. The monoisotopic (exact) mass is 882 g/mol. The molecule has 2 amide bonds. The Morgan fingerprint density at radius 2 is 1.68 bits per heavy atom. The van der Waals surface area contributed by atoms with Crippen LogP contribution in [0.3, 0.4) is 0 Å². The molecule has 0 aliphatic carbocycles. The van der Waals surface area contributed by atoms with Crippen LogP contribution in [0.4, 0.5) is 22.1 Å². The Hall–Kier alpha value is -5.14. The van der Waals surface area contributed by atoms with Crippen molar-refractivity contribution in [2.24, 2.45) is 0 Å². The van der Waals surface area contributed by atoms with Gasteiger partial charge in [0.25, 0.3) is 15.7 Å². The fraction of sp³-hybridized carbons (Fsp3) is 0.241. The lowest BCUT2D eigenvalue weighted by Gasteiger charge is -2.14. The molecule has 4 aromatic rings. The number of nitrogens with one attached hydrogen (secondary N) is 3. The molecule has 22 nitrogen and oxygen atoms in total. The van der Waals surface area contributed by atoms with Gasteiger partial charge < -0.3 is 39.8 Å². The molecule has 0 aliphatic rings. The number of hydrogen-bond donors (Lipinski definition) is 7. The molecule has 27 heteroatoms. The molecule has 0 spiro atoms. The van der Waals surface area contributed by atoms with Gasteiger partial charge in [0.2, 0.25) is 5.95 Å². The number of carbonyl (C=O) groups excluding carboxylic acids is 1. The number of para-hydroxylation sites is 1. The first kappa shape index (κ1) is 48.9. The number of aromatic nitrogens is 3. The van der Waals surface area contributed by atoms with Crippen LogP contribution in [0.15, 0.2) is 58.8 Å². The first-order valence-corrected chi connectivity index (χ1v) is 21.7. The third-order valence-corrected chi connectivity index (χ3v) is 8.77. The van der Waals surface area contributed by atoms with E-state index in [0.29, 0.717) is 16.6 Å². The van der Waals surface area contributed by atoms with Gasteiger partial charge in [-0.3, -0.25) is 25.5 Å². The molecule has 2 aromatic carbocycles. The summed E-state index contributed by atoms with van der Waals surface area (Å²) in [5, 5.41) is 33.0. The van der Waals surface area contributed by atoms with E-state index in [1.807, 2.05) is 11.4 Å². The number of thiophene rings is 1. The summed E-state index contributed by atoms with van der Waals surface area (Å²) in [7, 11) is -6.77. The van der Waals surface area contributed by atoms with Crippen LogP contribution in [0, 0.1) is 17.0 Å². The number of ether oxygens (including phenoxy) is 2. The minimum atomic E-state index is -4.37. The first-order chi connectivity index (χ1) is 26.0. The number of sulfonamides is 1. The summed E-state index contributed by atoms with van der Waals surface area (Å²) in [6, 6.07) is 11.5. The third kappa shape index (κ3) is 18.5. The highest BCUT2D eigenvalue weighted by molar-refractivity contribution is 7.94. The highest BCUT2D eigenvalue weighted by Crippen LogP contribution is 2.38. The van der Waals surface area contributed by atoms with E-state index in [2.05, 4.69) is 39.0 Å². The number of halogens is 1. The Labute approximate surface area is 331 Å². The van der Waals surface area contributed by atoms with Gasteiger partial charge in [-0.2, -0.15) is 15.0 Å². The summed E-state index contributed by atoms with van der Waals surface area (Å²) in [5.74, 6) is -1.71. The van der Waals surface area contributed by atoms with Gasteiger partial charge in [-0.25, -0.2) is 22.7 Å². The fourth-order valence-electron chi connectivity index (χ4n) is 3.29. The number of benzene rings is 2. The fourth-order valence-corrected chi connectivity index (χ4v) is 6.06. The molecular formula is C29H36ClN8O14PS3. The summed E-state index contributed by atoms with van der Waals surface area (Å²) in [5.41, 5.74) is 5.25. The molecule has 0 aliphatic heterocycles. The maximum Gasteiger partial charge on any atom is 0.347 e. The number of aromatic carboxylic acids is 1. The molecule has 1 atom stereocenters. The predicted octanol–water partition coefficient (Wildman–Crippen LogP) is 2.74. The highest BCUT2D eigenvalue weighted by Gasteiger charge is 2.26. The van der Waals surface area contributed by atoms with Crippen molar-refractivity contribution in [2.75, 3.05) is 49.8 Å². The molecule has 0 saturated heterocycles. The number of nitro groups is 1. The SMILES string of the molecule is COc1nc(C)nc(NC(=O)NS(=O)(=O)c2ccsc2C(=O)O)n1.C[S+](C)C.Nc1c([N+](=O)[O-])ccc(Oc2ccccc2)c1Cl.O=C(O)CNCP(=O)([O-])O. The maximum absolute atomic E-state index is 12.1. The summed E-state index contributed by atoms with van der Waals surface area (Å²) in [4.78, 5) is 71.1. The van der Waals surface area contributed by atoms with Gasteiger partial charge in [0.15, 0.2) is 0 Å². The lowest BCUT2D eigenvalue weighted by Crippen LogP contribution is -2.35. The van der Waals surface area contributed by atoms with E-state index in [1.54, 1.807) is 29.0 Å². The summed E-state index contributed by atoms with van der Waals surface area (Å²) < 4.78 is 46.1. The van der Waals surface area contributed by atoms with Gasteiger partial charge in [0, 0.05) is 6.07 Å². The number of methoxy groups -OCH3 is 1. The van der Waals surface area contributed by atoms with Crippen LogP contribution in [-0.4, -0.2) is 100 Å². The molecule has 0 radical (unpaired) electrons. The number of nitrogen functional groups attached to an aromatic ring is 1. The van der Waals surface area contributed by atoms with Gasteiger partial charge in [-0.15, -0.1) is 11.3 Å². The number of carboxylic acid groups (broad SMARTS) is 2. The number of anilines is 2. The van der Waals surface area contributed by atoms with Crippen LogP contribution in [-0.2, 0) is 30.3 Å². The molecule has 2 heterocycles. The molecule has 56 heavy (non-hydrogen) atoms. The standard InChI is InChI=1S/C12H9ClN2O3.C11H11N5O6S2.C3H8NO5P.C3H9S/c13-11-10(18-8-4-2-1-3-5-8)7-6-9(12(11)14)15(16)17;1-5-12-9(15-11(13-5)22-2)14-10(19)16-24(20,21)6-3-4-23-7(6)8(17)18;5-3(6)1-4-2-10(7,8)9;1-4(2)3/h1-7H,14H2;3-4H,1-2H3,(H,17,18)(H2,12,13,14,15,16,19);4H,1-2H2,(H,5,6)(H2,7,8,9);1-3H3/q;;;+1/p-1. The molecule has 2 aromatic heterocycles. The van der Waals surface area contributed by atoms with Gasteiger partial charge >= 0.3 is 24.0 Å². The zero-order chi connectivity index (χ0) is 42.8. The Balaban J connectivity index is 0.000000430. The van der Waals surface area contributed by atoms with Gasteiger partial charge in [0.05, 0.1) is 43.6 Å². The summed E-state index contributed by atoms with van der Waals surface area (Å²) in [6.07, 6.45) is 5.87. The van der Waals surface area contributed by atoms with Crippen LogP contribution >= 0.6 is 30.5 Å². The van der Waals surface area contributed by atoms with E-state index in [1.165, 1.54) is 31.5 Å². The summed E-state index contributed by atoms with van der Waals surface area (Å²) >= 11 is 6.66. The van der Waals surface area contributed by atoms with Crippen molar-refractivity contribution in [3.05, 3.63) is 79.7 Å². The van der Waals surface area contributed by atoms with Gasteiger partial charge in [0.1, 0.15) is 45.4 Å². The minimum absolute atomic E-state index is 0.0352. The van der Waals surface area contributed by atoms with Gasteiger partial charge in [-0.05, 0) is 47.5 Å². The van der Waals surface area contributed by atoms with Crippen molar-refractivity contribution in [1.82, 2.24) is 25.0 Å². The smallest absolute Gasteiger partial charge is 0.347 e. The minimum Gasteiger partial charge on any atom is -0.778 e. The average Bonchev–Trinajstić information content (AvgIpc) is 3.58. The number of aryl methyl sites for hydroxylation is 1. The van der Waals surface area contributed by atoms with E-state index < -0.39 is 63.1 Å². The third-order valence-electron chi connectivity index (χ3n) is 5.35.